The first kappa shape index (κ1) is 23.3. The number of amides is 1. The van der Waals surface area contributed by atoms with Crippen molar-refractivity contribution in [3.8, 4) is 0 Å². The van der Waals surface area contributed by atoms with E-state index in [4.69, 9.17) is 11.6 Å². The van der Waals surface area contributed by atoms with Gasteiger partial charge in [-0.05, 0) is 51.7 Å². The number of thiol groups is 1. The van der Waals surface area contributed by atoms with Crippen molar-refractivity contribution in [3.63, 3.8) is 0 Å². The molecule has 5 rings (SSSR count). The summed E-state index contributed by atoms with van der Waals surface area (Å²) in [5, 5.41) is 4.13. The first-order chi connectivity index (χ1) is 16.2. The Labute approximate surface area is 210 Å². The van der Waals surface area contributed by atoms with Crippen LogP contribution in [-0.4, -0.2) is 35.0 Å². The van der Waals surface area contributed by atoms with Gasteiger partial charge in [-0.25, -0.2) is 8.78 Å². The molecular formula is C25H21ClF2N2O2S2. The second kappa shape index (κ2) is 8.66. The summed E-state index contributed by atoms with van der Waals surface area (Å²) in [5.41, 5.74) is 1.47. The third-order valence-corrected chi connectivity index (χ3v) is 8.23. The van der Waals surface area contributed by atoms with Crippen molar-refractivity contribution in [2.75, 3.05) is 18.0 Å². The molecule has 2 aromatic carbocycles. The van der Waals surface area contributed by atoms with E-state index in [2.05, 4.69) is 12.8 Å². The minimum Gasteiger partial charge on any atom is -0.365 e. The maximum Gasteiger partial charge on any atom is 0.266 e. The first-order valence-electron chi connectivity index (χ1n) is 10.8. The fourth-order valence-electron chi connectivity index (χ4n) is 4.91. The van der Waals surface area contributed by atoms with Gasteiger partial charge in [0.05, 0.1) is 6.54 Å². The highest BCUT2D eigenvalue weighted by molar-refractivity contribution is 7.78. The lowest BCUT2D eigenvalue weighted by Gasteiger charge is -2.46. The van der Waals surface area contributed by atoms with Crippen LogP contribution in [0.15, 0.2) is 65.4 Å². The normalized spacial score (nSPS) is 24.6. The van der Waals surface area contributed by atoms with E-state index in [-0.39, 0.29) is 31.7 Å². The molecule has 2 aliphatic rings. The molecule has 34 heavy (non-hydrogen) atoms. The van der Waals surface area contributed by atoms with Gasteiger partial charge in [-0.2, -0.15) is 11.3 Å². The number of carbonyl (C=O) groups excluding carboxylic acids is 2. The summed E-state index contributed by atoms with van der Waals surface area (Å²) in [5.74, 6) is -4.45. The van der Waals surface area contributed by atoms with Gasteiger partial charge in [0.15, 0.2) is 5.78 Å². The number of alkyl halides is 2. The number of benzene rings is 2. The highest BCUT2D eigenvalue weighted by Crippen LogP contribution is 2.48. The molecule has 2 aliphatic heterocycles. The van der Waals surface area contributed by atoms with Gasteiger partial charge < -0.3 is 4.90 Å². The zero-order valence-electron chi connectivity index (χ0n) is 18.0. The second-order valence-corrected chi connectivity index (χ2v) is 10.3. The van der Waals surface area contributed by atoms with Crippen LogP contribution >= 0.6 is 35.8 Å². The Morgan fingerprint density at radius 3 is 2.38 bits per heavy atom. The zero-order valence-corrected chi connectivity index (χ0v) is 20.4. The van der Waals surface area contributed by atoms with E-state index in [0.717, 1.165) is 5.56 Å². The Morgan fingerprint density at radius 1 is 1.03 bits per heavy atom. The van der Waals surface area contributed by atoms with E-state index in [1.807, 2.05) is 16.8 Å². The molecule has 0 saturated carbocycles. The number of thiophene rings is 1. The van der Waals surface area contributed by atoms with Gasteiger partial charge in [0.25, 0.3) is 5.92 Å². The molecule has 2 saturated heterocycles. The number of piperidine rings is 1. The summed E-state index contributed by atoms with van der Waals surface area (Å²) in [6.07, 6.45) is -0.166. The van der Waals surface area contributed by atoms with Crippen LogP contribution in [0.4, 0.5) is 14.5 Å². The Balaban J connectivity index is 1.55. The van der Waals surface area contributed by atoms with E-state index in [0.29, 0.717) is 21.8 Å². The Morgan fingerprint density at radius 2 is 1.76 bits per heavy atom. The van der Waals surface area contributed by atoms with Gasteiger partial charge in [-0.1, -0.05) is 54.7 Å². The van der Waals surface area contributed by atoms with Crippen molar-refractivity contribution >= 4 is 53.1 Å². The molecule has 3 heterocycles. The van der Waals surface area contributed by atoms with Crippen molar-refractivity contribution in [3.05, 3.63) is 87.1 Å². The van der Waals surface area contributed by atoms with E-state index >= 15 is 0 Å². The quantitative estimate of drug-likeness (QED) is 0.344. The molecule has 1 amide bonds. The fraction of sp³-hybridized carbons (Fsp3) is 0.280. The van der Waals surface area contributed by atoms with Crippen molar-refractivity contribution in [2.45, 2.75) is 30.2 Å². The monoisotopic (exact) mass is 518 g/mol. The van der Waals surface area contributed by atoms with Gasteiger partial charge in [-0.3, -0.25) is 13.9 Å². The number of Topliss-reactive ketones (excluding diaryl/α,β-unsaturated/α-hetero) is 1. The molecular weight excluding hydrogens is 498 g/mol. The molecule has 1 aromatic heterocycles. The highest BCUT2D eigenvalue weighted by Gasteiger charge is 2.53. The maximum absolute atomic E-state index is 13.7. The maximum atomic E-state index is 13.7. The third kappa shape index (κ3) is 3.82. The van der Waals surface area contributed by atoms with E-state index in [9.17, 15) is 18.4 Å². The van der Waals surface area contributed by atoms with Crippen molar-refractivity contribution < 1.29 is 18.4 Å². The fourth-order valence-corrected chi connectivity index (χ4v) is 6.30. The van der Waals surface area contributed by atoms with Crippen molar-refractivity contribution in [1.82, 2.24) is 4.31 Å². The number of nitrogens with zero attached hydrogens (tertiary/aromatic N) is 2. The summed E-state index contributed by atoms with van der Waals surface area (Å²) in [4.78, 5) is 28.8. The molecule has 0 bridgehead atoms. The van der Waals surface area contributed by atoms with Crippen LogP contribution < -0.4 is 4.90 Å². The van der Waals surface area contributed by atoms with Gasteiger partial charge in [-0.15, -0.1) is 0 Å². The number of rotatable bonds is 4. The molecule has 4 nitrogen and oxygen atoms in total. The van der Waals surface area contributed by atoms with Gasteiger partial charge in [0.1, 0.15) is 11.5 Å². The Kier molecular flexibility index (Phi) is 5.94. The minimum absolute atomic E-state index is 0.00992. The van der Waals surface area contributed by atoms with Crippen LogP contribution in [0, 0.1) is 0 Å². The van der Waals surface area contributed by atoms with Gasteiger partial charge in [0, 0.05) is 30.1 Å². The summed E-state index contributed by atoms with van der Waals surface area (Å²) < 4.78 is 28.7. The lowest BCUT2D eigenvalue weighted by molar-refractivity contribution is -0.142. The SMILES string of the molecule is O=C1CC(c2ccc(N3CCC(F)(F)C3)cc2)(c2ccsc2)N(S)C(=O)C1c1ccccc1Cl. The highest BCUT2D eigenvalue weighted by atomic mass is 35.5. The van der Waals surface area contributed by atoms with E-state index in [1.54, 1.807) is 53.4 Å². The molecule has 176 valence electrons. The Bertz CT molecular complexity index is 1240. The van der Waals surface area contributed by atoms with Crippen LogP contribution in [0.1, 0.15) is 35.4 Å². The van der Waals surface area contributed by atoms with Crippen molar-refractivity contribution in [2.24, 2.45) is 0 Å². The number of halogens is 3. The molecule has 0 aliphatic carbocycles. The smallest absolute Gasteiger partial charge is 0.266 e. The second-order valence-electron chi connectivity index (χ2n) is 8.69. The molecule has 0 N–H and O–H groups in total. The van der Waals surface area contributed by atoms with Crippen LogP contribution in [0.25, 0.3) is 0 Å². The summed E-state index contributed by atoms with van der Waals surface area (Å²) in [6, 6.07) is 15.8. The molecule has 2 fully saturated rings. The molecule has 9 heteroatoms. The number of hydrogen-bond donors (Lipinski definition) is 1. The largest absolute Gasteiger partial charge is 0.365 e. The number of anilines is 1. The minimum atomic E-state index is -2.70. The molecule has 0 radical (unpaired) electrons. The van der Waals surface area contributed by atoms with Gasteiger partial charge in [0.2, 0.25) is 5.91 Å². The lowest BCUT2D eigenvalue weighted by Crippen LogP contribution is -2.54. The standard InChI is InChI=1S/C25H21ClF2N2O2S2/c26-20-4-2-1-3-19(20)22-21(31)13-25(30(33)23(22)32,17-9-12-34-14-17)16-5-7-18(8-6-16)29-11-10-24(27,28)15-29/h1-9,12,14,22,33H,10-11,13,15H2. The average molecular weight is 519 g/mol. The lowest BCUT2D eigenvalue weighted by atomic mass is 9.73. The molecule has 3 aromatic rings. The Hall–Kier alpha value is -2.42. The van der Waals surface area contributed by atoms with Crippen LogP contribution in [0.2, 0.25) is 5.02 Å². The summed E-state index contributed by atoms with van der Waals surface area (Å²) in [7, 11) is 0. The number of carbonyl (C=O) groups is 2. The number of ketones is 1. The number of hydrogen-bond acceptors (Lipinski definition) is 5. The van der Waals surface area contributed by atoms with Gasteiger partial charge >= 0.3 is 0 Å². The van der Waals surface area contributed by atoms with E-state index < -0.39 is 23.3 Å². The van der Waals surface area contributed by atoms with Crippen LogP contribution in [0.5, 0.6) is 0 Å². The summed E-state index contributed by atoms with van der Waals surface area (Å²) >= 11 is 12.4. The van der Waals surface area contributed by atoms with E-state index in [1.165, 1.54) is 15.6 Å². The topological polar surface area (TPSA) is 40.6 Å². The average Bonchev–Trinajstić information content (AvgIpc) is 3.48. The molecule has 0 spiro atoms. The zero-order chi connectivity index (χ0) is 24.1. The molecule has 2 unspecified atom stereocenters. The van der Waals surface area contributed by atoms with Crippen LogP contribution in [0.3, 0.4) is 0 Å². The third-order valence-electron chi connectivity index (χ3n) is 6.66. The predicted molar refractivity (Wildman–Crippen MR) is 133 cm³/mol. The van der Waals surface area contributed by atoms with Crippen molar-refractivity contribution in [1.29, 1.82) is 0 Å². The van der Waals surface area contributed by atoms with Crippen LogP contribution in [-0.2, 0) is 15.1 Å². The summed E-state index contributed by atoms with van der Waals surface area (Å²) in [6.45, 7) is -0.0472. The molecule has 2 atom stereocenters. The predicted octanol–water partition coefficient (Wildman–Crippen LogP) is 5.92. The first-order valence-corrected chi connectivity index (χ1v) is 12.5.